The molecule has 1 atom stereocenters. The zero-order valence-electron chi connectivity index (χ0n) is 12.7. The fourth-order valence-corrected chi connectivity index (χ4v) is 2.72. The van der Waals surface area contributed by atoms with Crippen LogP contribution in [0.5, 0.6) is 5.75 Å². The minimum Gasteiger partial charge on any atom is -0.491 e. The van der Waals surface area contributed by atoms with Crippen molar-refractivity contribution in [2.45, 2.75) is 19.4 Å². The van der Waals surface area contributed by atoms with Crippen molar-refractivity contribution in [3.05, 3.63) is 29.3 Å². The van der Waals surface area contributed by atoms with Gasteiger partial charge in [0.2, 0.25) is 0 Å². The van der Waals surface area contributed by atoms with Crippen LogP contribution in [-0.4, -0.2) is 66.9 Å². The summed E-state index contributed by atoms with van der Waals surface area (Å²) in [5.41, 5.74) is 0. The molecular formula is C16H25ClN2O2. The average Bonchev–Trinajstić information content (AvgIpc) is 2.72. The van der Waals surface area contributed by atoms with E-state index in [1.54, 1.807) is 12.1 Å². The highest BCUT2D eigenvalue weighted by Crippen LogP contribution is 2.15. The molecule has 1 N–H and O–H groups in total. The molecule has 0 saturated carbocycles. The van der Waals surface area contributed by atoms with Gasteiger partial charge in [0.15, 0.2) is 0 Å². The lowest BCUT2D eigenvalue weighted by Gasteiger charge is -2.23. The summed E-state index contributed by atoms with van der Waals surface area (Å²) in [5.74, 6) is 0.742. The van der Waals surface area contributed by atoms with E-state index >= 15 is 0 Å². The fourth-order valence-electron chi connectivity index (χ4n) is 2.60. The Balaban J connectivity index is 1.71. The standard InChI is InChI=1S/C16H25ClN2O2/c1-2-18-8-3-9-19(11-10-18)12-15(20)13-21-16-6-4-14(17)5-7-16/h4-7,15,20H,2-3,8-13H2,1H3. The summed E-state index contributed by atoms with van der Waals surface area (Å²) in [7, 11) is 0. The Hall–Kier alpha value is -0.810. The Kier molecular flexibility index (Phi) is 6.77. The van der Waals surface area contributed by atoms with Gasteiger partial charge in [-0.25, -0.2) is 0 Å². The maximum atomic E-state index is 10.1. The van der Waals surface area contributed by atoms with E-state index in [-0.39, 0.29) is 0 Å². The van der Waals surface area contributed by atoms with Gasteiger partial charge in [-0.1, -0.05) is 18.5 Å². The number of hydrogen-bond acceptors (Lipinski definition) is 4. The predicted molar refractivity (Wildman–Crippen MR) is 86.1 cm³/mol. The topological polar surface area (TPSA) is 35.9 Å². The molecule has 1 aromatic rings. The number of benzene rings is 1. The molecule has 1 heterocycles. The molecule has 1 fully saturated rings. The lowest BCUT2D eigenvalue weighted by Crippen LogP contribution is -2.38. The smallest absolute Gasteiger partial charge is 0.119 e. The second-order valence-electron chi connectivity index (χ2n) is 5.51. The van der Waals surface area contributed by atoms with Gasteiger partial charge in [0.05, 0.1) is 0 Å². The number of likely N-dealkylation sites (N-methyl/N-ethyl adjacent to an activating group) is 1. The zero-order chi connectivity index (χ0) is 15.1. The number of ether oxygens (including phenoxy) is 1. The highest BCUT2D eigenvalue weighted by molar-refractivity contribution is 6.30. The van der Waals surface area contributed by atoms with Gasteiger partial charge in [-0.3, -0.25) is 4.90 Å². The van der Waals surface area contributed by atoms with Crippen LogP contribution >= 0.6 is 11.6 Å². The van der Waals surface area contributed by atoms with E-state index < -0.39 is 6.10 Å². The highest BCUT2D eigenvalue weighted by atomic mass is 35.5. The summed E-state index contributed by atoms with van der Waals surface area (Å²) in [6, 6.07) is 7.22. The van der Waals surface area contributed by atoms with Gasteiger partial charge in [-0.15, -0.1) is 0 Å². The Morgan fingerprint density at radius 1 is 1.14 bits per heavy atom. The van der Waals surface area contributed by atoms with Gasteiger partial charge < -0.3 is 14.7 Å². The molecule has 1 aromatic carbocycles. The van der Waals surface area contributed by atoms with E-state index in [4.69, 9.17) is 16.3 Å². The minimum absolute atomic E-state index is 0.315. The number of β-amino-alcohol motifs (C(OH)–C–C–N with tert-alkyl or cyclic N) is 1. The van der Waals surface area contributed by atoms with Crippen molar-refractivity contribution in [2.24, 2.45) is 0 Å². The van der Waals surface area contributed by atoms with Crippen molar-refractivity contribution in [3.8, 4) is 5.75 Å². The first-order chi connectivity index (χ1) is 10.2. The first-order valence-electron chi connectivity index (χ1n) is 7.68. The van der Waals surface area contributed by atoms with E-state index in [0.717, 1.165) is 38.5 Å². The normalized spacial score (nSPS) is 19.2. The third-order valence-corrected chi connectivity index (χ3v) is 4.11. The molecular weight excluding hydrogens is 288 g/mol. The molecule has 0 aliphatic carbocycles. The summed E-state index contributed by atoms with van der Waals surface area (Å²) in [6.45, 7) is 8.60. The van der Waals surface area contributed by atoms with Crippen molar-refractivity contribution < 1.29 is 9.84 Å². The van der Waals surface area contributed by atoms with Crippen LogP contribution in [0.15, 0.2) is 24.3 Å². The Morgan fingerprint density at radius 3 is 2.52 bits per heavy atom. The van der Waals surface area contributed by atoms with Gasteiger partial charge in [0.1, 0.15) is 18.5 Å². The number of halogens is 1. The van der Waals surface area contributed by atoms with Crippen LogP contribution in [-0.2, 0) is 0 Å². The first kappa shape index (κ1) is 16.6. The molecule has 2 rings (SSSR count). The quantitative estimate of drug-likeness (QED) is 0.873. The molecule has 0 aromatic heterocycles. The summed E-state index contributed by atoms with van der Waals surface area (Å²) in [5, 5.41) is 10.8. The van der Waals surface area contributed by atoms with Gasteiger partial charge >= 0.3 is 0 Å². The lowest BCUT2D eigenvalue weighted by atomic mass is 10.3. The Bertz CT molecular complexity index is 413. The number of nitrogens with zero attached hydrogens (tertiary/aromatic N) is 2. The third kappa shape index (κ3) is 5.83. The molecule has 0 radical (unpaired) electrons. The van der Waals surface area contributed by atoms with Crippen molar-refractivity contribution in [2.75, 3.05) is 45.9 Å². The maximum absolute atomic E-state index is 10.1. The van der Waals surface area contributed by atoms with Crippen LogP contribution in [0.1, 0.15) is 13.3 Å². The van der Waals surface area contributed by atoms with Crippen molar-refractivity contribution in [3.63, 3.8) is 0 Å². The van der Waals surface area contributed by atoms with Gasteiger partial charge in [-0.05, 0) is 50.3 Å². The Morgan fingerprint density at radius 2 is 1.81 bits per heavy atom. The number of aliphatic hydroxyl groups excluding tert-OH is 1. The molecule has 21 heavy (non-hydrogen) atoms. The average molecular weight is 313 g/mol. The maximum Gasteiger partial charge on any atom is 0.119 e. The number of aliphatic hydroxyl groups is 1. The largest absolute Gasteiger partial charge is 0.491 e. The van der Waals surface area contributed by atoms with Gasteiger partial charge in [0.25, 0.3) is 0 Å². The van der Waals surface area contributed by atoms with Gasteiger partial charge in [0, 0.05) is 24.7 Å². The number of rotatable bonds is 6. The van der Waals surface area contributed by atoms with E-state index in [0.29, 0.717) is 18.2 Å². The minimum atomic E-state index is -0.464. The molecule has 0 bridgehead atoms. The molecule has 0 spiro atoms. The van der Waals surface area contributed by atoms with E-state index in [9.17, 15) is 5.11 Å². The molecule has 5 heteroatoms. The second kappa shape index (κ2) is 8.59. The van der Waals surface area contributed by atoms with Crippen molar-refractivity contribution in [1.82, 2.24) is 9.80 Å². The summed E-state index contributed by atoms with van der Waals surface area (Å²) < 4.78 is 5.59. The van der Waals surface area contributed by atoms with E-state index in [1.165, 1.54) is 6.42 Å². The van der Waals surface area contributed by atoms with Crippen molar-refractivity contribution >= 4 is 11.6 Å². The van der Waals surface area contributed by atoms with Crippen LogP contribution in [0.3, 0.4) is 0 Å². The molecule has 118 valence electrons. The second-order valence-corrected chi connectivity index (χ2v) is 5.94. The van der Waals surface area contributed by atoms with Crippen LogP contribution in [0.4, 0.5) is 0 Å². The van der Waals surface area contributed by atoms with Crippen LogP contribution in [0.2, 0.25) is 5.02 Å². The third-order valence-electron chi connectivity index (χ3n) is 3.85. The first-order valence-corrected chi connectivity index (χ1v) is 8.06. The molecule has 1 aliphatic rings. The molecule has 4 nitrogen and oxygen atoms in total. The Labute approximate surface area is 132 Å². The molecule has 1 aliphatic heterocycles. The zero-order valence-corrected chi connectivity index (χ0v) is 13.4. The summed E-state index contributed by atoms with van der Waals surface area (Å²) >= 11 is 5.83. The predicted octanol–water partition coefficient (Wildman–Crippen LogP) is 2.11. The highest BCUT2D eigenvalue weighted by Gasteiger charge is 2.16. The fraction of sp³-hybridized carbons (Fsp3) is 0.625. The molecule has 0 amide bonds. The molecule has 1 saturated heterocycles. The van der Waals surface area contributed by atoms with E-state index in [1.807, 2.05) is 12.1 Å². The summed E-state index contributed by atoms with van der Waals surface area (Å²) in [4.78, 5) is 4.78. The lowest BCUT2D eigenvalue weighted by molar-refractivity contribution is 0.0694. The van der Waals surface area contributed by atoms with Crippen LogP contribution in [0, 0.1) is 0 Å². The van der Waals surface area contributed by atoms with Crippen LogP contribution in [0.25, 0.3) is 0 Å². The monoisotopic (exact) mass is 312 g/mol. The van der Waals surface area contributed by atoms with E-state index in [2.05, 4.69) is 16.7 Å². The van der Waals surface area contributed by atoms with Gasteiger partial charge in [-0.2, -0.15) is 0 Å². The number of hydrogen-bond donors (Lipinski definition) is 1. The SMILES string of the molecule is CCN1CCCN(CC(O)COc2ccc(Cl)cc2)CC1. The summed E-state index contributed by atoms with van der Waals surface area (Å²) in [6.07, 6.45) is 0.701. The van der Waals surface area contributed by atoms with Crippen molar-refractivity contribution in [1.29, 1.82) is 0 Å². The van der Waals surface area contributed by atoms with Crippen LogP contribution < -0.4 is 4.74 Å². The molecule has 1 unspecified atom stereocenters.